The van der Waals surface area contributed by atoms with Crippen molar-refractivity contribution >= 4 is 37.8 Å². The van der Waals surface area contributed by atoms with Crippen molar-refractivity contribution in [2.45, 2.75) is 17.4 Å². The fourth-order valence-electron chi connectivity index (χ4n) is 2.05. The number of aliphatic hydroxyl groups is 1. The molecule has 22 heavy (non-hydrogen) atoms. The number of nitrogens with zero attached hydrogens (tertiary/aromatic N) is 1. The van der Waals surface area contributed by atoms with Crippen LogP contribution in [0, 0.1) is 0 Å². The van der Waals surface area contributed by atoms with Crippen LogP contribution in [0.25, 0.3) is 0 Å². The van der Waals surface area contributed by atoms with Gasteiger partial charge in [-0.25, -0.2) is 9.38 Å². The molecule has 3 atom stereocenters. The Bertz CT molecular complexity index is 639. The Morgan fingerprint density at radius 2 is 2.00 bits per heavy atom. The molecule has 1 heterocycles. The molecule has 0 bridgehead atoms. The van der Waals surface area contributed by atoms with E-state index in [4.69, 9.17) is 13.0 Å². The number of hydrogen-bond acceptors (Lipinski definition) is 3. The van der Waals surface area contributed by atoms with E-state index < -0.39 is 23.3 Å². The fraction of sp³-hybridized carbons (Fsp3) is 0.308. The van der Waals surface area contributed by atoms with Gasteiger partial charge in [-0.05, 0) is 23.3 Å². The highest BCUT2D eigenvalue weighted by atomic mass is 31.0. The molecule has 9 heteroatoms. The molecule has 0 fully saturated rings. The van der Waals surface area contributed by atoms with E-state index in [9.17, 15) is 13.2 Å². The summed E-state index contributed by atoms with van der Waals surface area (Å²) in [5.41, 5.74) is -2.86. The number of rotatable bonds is 4. The Morgan fingerprint density at radius 3 is 2.50 bits per heavy atom. The van der Waals surface area contributed by atoms with Gasteiger partial charge in [-0.2, -0.15) is 8.78 Å². The predicted octanol–water partition coefficient (Wildman–Crippen LogP) is 2.74. The molecule has 3 unspecified atom stereocenters. The van der Waals surface area contributed by atoms with E-state index in [0.717, 1.165) is 0 Å². The number of aliphatic imine (C=N–C) groups is 1. The summed E-state index contributed by atoms with van der Waals surface area (Å²) < 4.78 is 40.5. The van der Waals surface area contributed by atoms with Gasteiger partial charge in [0.2, 0.25) is 0 Å². The molecule has 0 saturated heterocycles. The molecule has 3 nitrogen and oxygen atoms in total. The Kier molecular flexibility index (Phi) is 5.01. The van der Waals surface area contributed by atoms with Crippen molar-refractivity contribution in [1.29, 1.82) is 0 Å². The smallest absolute Gasteiger partial charge is 0.300 e. The number of allylic oxidation sites excluding steroid dienone is 1. The summed E-state index contributed by atoms with van der Waals surface area (Å²) in [5.74, 6) is 0.253. The first-order chi connectivity index (χ1) is 10.1. The summed E-state index contributed by atoms with van der Waals surface area (Å²) in [4.78, 5) is 3.82. The maximum Gasteiger partial charge on any atom is 0.300 e. The second kappa shape index (κ2) is 6.31. The molecule has 1 aromatic carbocycles. The predicted molar refractivity (Wildman–Crippen MR) is 89.1 cm³/mol. The number of amidine groups is 1. The summed E-state index contributed by atoms with van der Waals surface area (Å²) in [7, 11) is 8.62. The molecule has 0 saturated carbocycles. The number of alkyl halides is 3. The van der Waals surface area contributed by atoms with Crippen molar-refractivity contribution in [1.82, 2.24) is 0 Å². The third-order valence-corrected chi connectivity index (χ3v) is 3.67. The van der Waals surface area contributed by atoms with E-state index in [0.29, 0.717) is 5.69 Å². The average molecular weight is 344 g/mol. The SMILES string of the molecule is [B]C(F)(P)c1cccc(NC2=NC(C(F)(F)P)=C(CO)C2)c1. The summed E-state index contributed by atoms with van der Waals surface area (Å²) in [6, 6.07) is 6.20. The topological polar surface area (TPSA) is 44.6 Å². The van der Waals surface area contributed by atoms with Crippen molar-refractivity contribution in [3.8, 4) is 0 Å². The number of aliphatic hydroxyl groups excluding tert-OH is 1. The number of nitrogens with one attached hydrogen (secondary N) is 1. The van der Waals surface area contributed by atoms with Crippen molar-refractivity contribution in [2.75, 3.05) is 11.9 Å². The van der Waals surface area contributed by atoms with E-state index >= 15 is 0 Å². The Morgan fingerprint density at radius 1 is 1.32 bits per heavy atom. The second-order valence-electron chi connectivity index (χ2n) is 4.94. The van der Waals surface area contributed by atoms with E-state index in [2.05, 4.69) is 10.3 Å². The van der Waals surface area contributed by atoms with Crippen LogP contribution in [0.2, 0.25) is 0 Å². The summed E-state index contributed by atoms with van der Waals surface area (Å²) >= 11 is 0. The largest absolute Gasteiger partial charge is 0.392 e. The van der Waals surface area contributed by atoms with Crippen molar-refractivity contribution < 1.29 is 18.3 Å². The lowest BCUT2D eigenvalue weighted by molar-refractivity contribution is 0.143. The van der Waals surface area contributed by atoms with Crippen LogP contribution in [-0.2, 0) is 5.31 Å². The molecule has 0 spiro atoms. The van der Waals surface area contributed by atoms with Crippen LogP contribution >= 0.6 is 18.5 Å². The van der Waals surface area contributed by atoms with Crippen LogP contribution in [0.4, 0.5) is 18.9 Å². The fourth-order valence-corrected chi connectivity index (χ4v) is 2.50. The van der Waals surface area contributed by atoms with E-state index in [-0.39, 0.29) is 23.4 Å². The van der Waals surface area contributed by atoms with Crippen LogP contribution < -0.4 is 5.32 Å². The first-order valence-corrected chi connectivity index (χ1v) is 7.48. The van der Waals surface area contributed by atoms with Crippen molar-refractivity contribution in [3.63, 3.8) is 0 Å². The Hall–Kier alpha value is -0.895. The Balaban J connectivity index is 2.20. The van der Waals surface area contributed by atoms with Gasteiger partial charge < -0.3 is 10.4 Å². The lowest BCUT2D eigenvalue weighted by atomic mass is 9.92. The third-order valence-electron chi connectivity index (χ3n) is 3.06. The average Bonchev–Trinajstić information content (AvgIpc) is 2.81. The molecule has 2 radical (unpaired) electrons. The minimum Gasteiger partial charge on any atom is -0.392 e. The lowest BCUT2D eigenvalue weighted by Gasteiger charge is -2.16. The zero-order valence-corrected chi connectivity index (χ0v) is 13.8. The first-order valence-electron chi connectivity index (χ1n) is 6.33. The molecule has 0 aliphatic carbocycles. The van der Waals surface area contributed by atoms with Gasteiger partial charge >= 0.3 is 0 Å². The lowest BCUT2D eigenvalue weighted by Crippen LogP contribution is -2.13. The molecular weight excluding hydrogens is 330 g/mol. The van der Waals surface area contributed by atoms with Gasteiger partial charge in [-0.1, -0.05) is 21.4 Å². The zero-order chi connectivity index (χ0) is 16.5. The van der Waals surface area contributed by atoms with E-state index in [1.54, 1.807) is 12.1 Å². The highest BCUT2D eigenvalue weighted by molar-refractivity contribution is 7.21. The van der Waals surface area contributed by atoms with Crippen LogP contribution in [0.5, 0.6) is 0 Å². The van der Waals surface area contributed by atoms with Gasteiger partial charge in [-0.3, -0.25) is 0 Å². The zero-order valence-electron chi connectivity index (χ0n) is 11.5. The summed E-state index contributed by atoms with van der Waals surface area (Å²) in [6.07, 6.45) is 0.0737. The highest BCUT2D eigenvalue weighted by Gasteiger charge is 2.34. The maximum atomic E-state index is 13.7. The van der Waals surface area contributed by atoms with Gasteiger partial charge in [0.1, 0.15) is 24.7 Å². The van der Waals surface area contributed by atoms with Gasteiger partial charge in [-0.15, -0.1) is 9.24 Å². The molecule has 0 aromatic heterocycles. The molecule has 1 aliphatic rings. The number of hydrogen-bond donors (Lipinski definition) is 2. The van der Waals surface area contributed by atoms with Crippen LogP contribution in [0.1, 0.15) is 12.0 Å². The molecule has 2 N–H and O–H groups in total. The molecular formula is C13H14BF3N2OP2. The number of halogens is 3. The highest BCUT2D eigenvalue weighted by Crippen LogP contribution is 2.38. The third kappa shape index (κ3) is 4.10. The standard InChI is InChI=1S/C13H14BF3N2OP2/c14-12(15,21)8-2-1-3-9(5-8)18-10-4-7(6-20)11(19-10)13(16,17)22/h1-3,5,20H,4,6,21-22H2,(H,18,19). The maximum absolute atomic E-state index is 13.7. The minimum absolute atomic E-state index is 0.0737. The number of anilines is 1. The minimum atomic E-state index is -3.21. The quantitative estimate of drug-likeness (QED) is 0.652. The van der Waals surface area contributed by atoms with Crippen molar-refractivity contribution in [3.05, 3.63) is 41.1 Å². The van der Waals surface area contributed by atoms with Gasteiger partial charge in [0, 0.05) is 12.1 Å². The van der Waals surface area contributed by atoms with E-state index in [1.807, 2.05) is 9.24 Å². The van der Waals surface area contributed by atoms with Crippen molar-refractivity contribution in [2.24, 2.45) is 4.99 Å². The monoisotopic (exact) mass is 344 g/mol. The first kappa shape index (κ1) is 17.5. The summed E-state index contributed by atoms with van der Waals surface area (Å²) in [5, 5.41) is 9.93. The van der Waals surface area contributed by atoms with E-state index in [1.165, 1.54) is 21.4 Å². The van der Waals surface area contributed by atoms with Crippen LogP contribution in [0.15, 0.2) is 40.5 Å². The normalized spacial score (nSPS) is 18.2. The second-order valence-corrected chi connectivity index (χ2v) is 6.51. The van der Waals surface area contributed by atoms with Crippen LogP contribution in [0.3, 0.4) is 0 Å². The number of benzene rings is 1. The molecule has 116 valence electrons. The van der Waals surface area contributed by atoms with Crippen LogP contribution in [-0.4, -0.2) is 31.1 Å². The summed E-state index contributed by atoms with van der Waals surface area (Å²) in [6.45, 7) is -0.504. The van der Waals surface area contributed by atoms with Gasteiger partial charge in [0.15, 0.2) is 0 Å². The molecule has 1 aromatic rings. The molecule has 0 amide bonds. The van der Waals surface area contributed by atoms with Gasteiger partial charge in [0.05, 0.1) is 6.61 Å². The Labute approximate surface area is 132 Å². The molecule has 1 aliphatic heterocycles. The van der Waals surface area contributed by atoms with Gasteiger partial charge in [0.25, 0.3) is 5.66 Å². The molecule has 2 rings (SSSR count).